The van der Waals surface area contributed by atoms with Gasteiger partial charge in [0.15, 0.2) is 0 Å². The molecule has 3 rings (SSSR count). The smallest absolute Gasteiger partial charge is 0.240 e. The monoisotopic (exact) mass is 349 g/mol. The van der Waals surface area contributed by atoms with E-state index in [0.29, 0.717) is 10.6 Å². The van der Waals surface area contributed by atoms with Crippen molar-refractivity contribution in [3.8, 4) is 0 Å². The molecule has 2 heterocycles. The number of rotatable bonds is 6. The van der Waals surface area contributed by atoms with Crippen LogP contribution in [-0.4, -0.2) is 13.5 Å². The van der Waals surface area contributed by atoms with Crippen LogP contribution in [0.25, 0.3) is 0 Å². The van der Waals surface area contributed by atoms with Gasteiger partial charge in [0.2, 0.25) is 10.0 Å². The van der Waals surface area contributed by atoms with Crippen LogP contribution in [0.2, 0.25) is 0 Å². The molecule has 0 saturated heterocycles. The zero-order valence-electron chi connectivity index (χ0n) is 12.0. The highest BCUT2D eigenvalue weighted by Gasteiger charge is 2.17. The van der Waals surface area contributed by atoms with Crippen molar-refractivity contribution in [2.75, 3.05) is 0 Å². The van der Waals surface area contributed by atoms with Gasteiger partial charge in [-0.05, 0) is 36.4 Å². The molecule has 0 fully saturated rings. The van der Waals surface area contributed by atoms with Crippen molar-refractivity contribution in [1.82, 2.24) is 4.72 Å². The second-order valence-electron chi connectivity index (χ2n) is 4.86. The third kappa shape index (κ3) is 3.70. The molecule has 1 atom stereocenters. The Hall–Kier alpha value is -1.93. The zero-order chi connectivity index (χ0) is 16.3. The molecule has 0 aliphatic carbocycles. The maximum atomic E-state index is 12.2. The minimum atomic E-state index is -3.54. The average molecular weight is 349 g/mol. The van der Waals surface area contributed by atoms with Crippen molar-refractivity contribution >= 4 is 21.4 Å². The van der Waals surface area contributed by atoms with Gasteiger partial charge in [-0.15, -0.1) is 11.3 Å². The summed E-state index contributed by atoms with van der Waals surface area (Å²) in [4.78, 5) is 1.74. The molecular weight excluding hydrogens is 334 g/mol. The van der Waals surface area contributed by atoms with E-state index in [-0.39, 0.29) is 11.4 Å². The summed E-state index contributed by atoms with van der Waals surface area (Å²) >= 11 is 1.34. The lowest BCUT2D eigenvalue weighted by atomic mass is 10.2. The van der Waals surface area contributed by atoms with Crippen LogP contribution in [0, 0.1) is 0 Å². The van der Waals surface area contributed by atoms with Crippen LogP contribution in [0.1, 0.15) is 21.6 Å². The van der Waals surface area contributed by atoms with Crippen LogP contribution >= 0.6 is 11.3 Å². The number of aliphatic hydroxyl groups excluding tert-OH is 1. The topological polar surface area (TPSA) is 79.5 Å². The van der Waals surface area contributed by atoms with Crippen molar-refractivity contribution in [1.29, 1.82) is 0 Å². The van der Waals surface area contributed by atoms with Crippen LogP contribution in [-0.2, 0) is 16.6 Å². The number of nitrogens with one attached hydrogen (secondary N) is 1. The number of hydrogen-bond donors (Lipinski definition) is 2. The van der Waals surface area contributed by atoms with Crippen molar-refractivity contribution in [2.24, 2.45) is 0 Å². The summed E-state index contributed by atoms with van der Waals surface area (Å²) in [6.07, 6.45) is 0.663. The van der Waals surface area contributed by atoms with Crippen LogP contribution in [0.5, 0.6) is 0 Å². The Morgan fingerprint density at radius 1 is 1.09 bits per heavy atom. The van der Waals surface area contributed by atoms with Gasteiger partial charge in [-0.1, -0.05) is 18.2 Å². The second-order valence-corrected chi connectivity index (χ2v) is 7.83. The van der Waals surface area contributed by atoms with E-state index in [1.54, 1.807) is 54.6 Å². The van der Waals surface area contributed by atoms with Crippen molar-refractivity contribution in [3.63, 3.8) is 0 Å². The Morgan fingerprint density at radius 3 is 2.57 bits per heavy atom. The Kier molecular flexibility index (Phi) is 4.63. The summed E-state index contributed by atoms with van der Waals surface area (Å²) in [5, 5.41) is 10.2. The molecule has 2 aromatic heterocycles. The van der Waals surface area contributed by atoms with Gasteiger partial charge in [-0.25, -0.2) is 13.1 Å². The van der Waals surface area contributed by atoms with Gasteiger partial charge in [0.05, 0.1) is 11.2 Å². The predicted molar refractivity (Wildman–Crippen MR) is 87.6 cm³/mol. The molecule has 5 nitrogen and oxygen atoms in total. The third-order valence-corrected chi connectivity index (χ3v) is 5.81. The predicted octanol–water partition coefficient (Wildman–Crippen LogP) is 2.90. The molecule has 0 radical (unpaired) electrons. The van der Waals surface area contributed by atoms with Gasteiger partial charge in [0.1, 0.15) is 11.9 Å². The molecule has 2 N–H and O–H groups in total. The van der Waals surface area contributed by atoms with Gasteiger partial charge in [-0.3, -0.25) is 0 Å². The fraction of sp³-hybridized carbons (Fsp3) is 0.125. The summed E-state index contributed by atoms with van der Waals surface area (Å²) in [7, 11) is -3.54. The average Bonchev–Trinajstić information content (AvgIpc) is 3.25. The van der Waals surface area contributed by atoms with Gasteiger partial charge in [-0.2, -0.15) is 0 Å². The van der Waals surface area contributed by atoms with E-state index in [2.05, 4.69) is 4.72 Å². The number of aliphatic hydroxyl groups is 1. The molecule has 0 aliphatic heterocycles. The Bertz CT molecular complexity index is 855. The molecule has 0 unspecified atom stereocenters. The molecule has 3 aromatic rings. The van der Waals surface area contributed by atoms with E-state index < -0.39 is 16.1 Å². The number of furan rings is 1. The van der Waals surface area contributed by atoms with E-state index in [0.717, 1.165) is 4.88 Å². The summed E-state index contributed by atoms with van der Waals surface area (Å²) in [5.74, 6) is 0.461. The van der Waals surface area contributed by atoms with Crippen LogP contribution < -0.4 is 4.72 Å². The van der Waals surface area contributed by atoms with E-state index in [1.165, 1.54) is 17.6 Å². The number of thiophene rings is 1. The molecule has 0 bridgehead atoms. The maximum absolute atomic E-state index is 12.2. The number of sulfonamides is 1. The van der Waals surface area contributed by atoms with E-state index in [4.69, 9.17) is 4.42 Å². The van der Waals surface area contributed by atoms with Gasteiger partial charge in [0.25, 0.3) is 0 Å². The SMILES string of the molecule is O=S(=O)(NCc1ccc([C@H](O)c2ccco2)s1)c1ccccc1. The lowest BCUT2D eigenvalue weighted by molar-refractivity contribution is 0.193. The zero-order valence-corrected chi connectivity index (χ0v) is 13.7. The van der Waals surface area contributed by atoms with Crippen molar-refractivity contribution in [2.45, 2.75) is 17.5 Å². The standard InChI is InChI=1S/C16H15NO4S2/c18-16(14-7-4-10-21-14)15-9-8-12(22-15)11-17-23(19,20)13-5-2-1-3-6-13/h1-10,16-18H,11H2/t16-/m1/s1. The van der Waals surface area contributed by atoms with E-state index >= 15 is 0 Å². The normalized spacial score (nSPS) is 13.1. The first-order chi connectivity index (χ1) is 11.1. The molecule has 23 heavy (non-hydrogen) atoms. The minimum absolute atomic E-state index is 0.173. The summed E-state index contributed by atoms with van der Waals surface area (Å²) < 4.78 is 32.1. The highest BCUT2D eigenvalue weighted by Crippen LogP contribution is 2.28. The van der Waals surface area contributed by atoms with Crippen molar-refractivity contribution in [3.05, 3.63) is 76.4 Å². The third-order valence-electron chi connectivity index (χ3n) is 3.25. The highest BCUT2D eigenvalue weighted by atomic mass is 32.2. The Morgan fingerprint density at radius 2 is 1.87 bits per heavy atom. The summed E-state index contributed by atoms with van der Waals surface area (Å²) in [5.41, 5.74) is 0. The molecule has 0 amide bonds. The quantitative estimate of drug-likeness (QED) is 0.717. The number of benzene rings is 1. The molecule has 0 saturated carbocycles. The molecule has 7 heteroatoms. The van der Waals surface area contributed by atoms with Gasteiger partial charge >= 0.3 is 0 Å². The summed E-state index contributed by atoms with van der Waals surface area (Å²) in [6, 6.07) is 15.2. The Balaban J connectivity index is 1.68. The molecule has 0 aliphatic rings. The first-order valence-electron chi connectivity index (χ1n) is 6.91. The maximum Gasteiger partial charge on any atom is 0.240 e. The fourth-order valence-corrected chi connectivity index (χ4v) is 4.14. The van der Waals surface area contributed by atoms with Gasteiger partial charge in [0, 0.05) is 16.3 Å². The second kappa shape index (κ2) is 6.67. The van der Waals surface area contributed by atoms with Crippen LogP contribution in [0.15, 0.2) is 70.2 Å². The van der Waals surface area contributed by atoms with Crippen LogP contribution in [0.4, 0.5) is 0 Å². The molecule has 120 valence electrons. The lowest BCUT2D eigenvalue weighted by Gasteiger charge is -2.06. The van der Waals surface area contributed by atoms with E-state index in [1.807, 2.05) is 0 Å². The minimum Gasteiger partial charge on any atom is -0.466 e. The van der Waals surface area contributed by atoms with Crippen LogP contribution in [0.3, 0.4) is 0 Å². The Labute approximate surface area is 138 Å². The number of hydrogen-bond acceptors (Lipinski definition) is 5. The largest absolute Gasteiger partial charge is 0.466 e. The summed E-state index contributed by atoms with van der Waals surface area (Å²) in [6.45, 7) is 0.173. The lowest BCUT2D eigenvalue weighted by Crippen LogP contribution is -2.22. The first-order valence-corrected chi connectivity index (χ1v) is 9.21. The first kappa shape index (κ1) is 15.9. The van der Waals surface area contributed by atoms with E-state index in [9.17, 15) is 13.5 Å². The highest BCUT2D eigenvalue weighted by molar-refractivity contribution is 7.89. The molecule has 0 spiro atoms. The van der Waals surface area contributed by atoms with Crippen molar-refractivity contribution < 1.29 is 17.9 Å². The molecule has 1 aromatic carbocycles. The molecular formula is C16H15NO4S2. The van der Waals surface area contributed by atoms with Gasteiger partial charge < -0.3 is 9.52 Å². The fourth-order valence-electron chi connectivity index (χ4n) is 2.07.